The fourth-order valence-corrected chi connectivity index (χ4v) is 6.42. The molecule has 2 saturated heterocycles. The predicted octanol–water partition coefficient (Wildman–Crippen LogP) is 6.20. The maximum Gasteiger partial charge on any atom is 0.410 e. The zero-order valence-electron chi connectivity index (χ0n) is 34.9. The molecule has 58 heavy (non-hydrogen) atoms. The number of carbonyl (C=O) groups is 6. The summed E-state index contributed by atoms with van der Waals surface area (Å²) in [6.45, 7) is 12.3. The number of rotatable bonds is 10. The van der Waals surface area contributed by atoms with Crippen molar-refractivity contribution in [2.75, 3.05) is 40.4 Å². The number of methoxy groups -OCH3 is 2. The lowest BCUT2D eigenvalue weighted by Crippen LogP contribution is -2.53. The maximum absolute atomic E-state index is 12.6. The quantitative estimate of drug-likeness (QED) is 0.205. The molecule has 16 heteroatoms. The van der Waals surface area contributed by atoms with Crippen LogP contribution in [0.15, 0.2) is 60.7 Å². The van der Waals surface area contributed by atoms with Gasteiger partial charge in [-0.15, -0.1) is 0 Å². The molecule has 2 aliphatic rings. The molecule has 0 aliphatic carbocycles. The third kappa shape index (κ3) is 18.2. The second kappa shape index (κ2) is 22.4. The molecule has 4 atom stereocenters. The van der Waals surface area contributed by atoms with Crippen LogP contribution < -0.4 is 10.6 Å². The Morgan fingerprint density at radius 1 is 0.569 bits per heavy atom. The highest BCUT2D eigenvalue weighted by Gasteiger charge is 2.35. The Hall–Kier alpha value is -5.54. The summed E-state index contributed by atoms with van der Waals surface area (Å²) >= 11 is 0. The van der Waals surface area contributed by atoms with Gasteiger partial charge in [0.2, 0.25) is 0 Å². The van der Waals surface area contributed by atoms with Gasteiger partial charge in [-0.25, -0.2) is 19.2 Å². The van der Waals surface area contributed by atoms with Crippen LogP contribution >= 0.6 is 0 Å². The molecule has 2 aliphatic heterocycles. The number of likely N-dealkylation sites (tertiary alicyclic amines) is 2. The van der Waals surface area contributed by atoms with E-state index < -0.39 is 35.6 Å². The third-order valence-electron chi connectivity index (χ3n) is 8.81. The minimum absolute atomic E-state index is 0.152. The number of nitrogens with zero attached hydrogens (tertiary/aromatic N) is 2. The molecule has 0 aromatic heterocycles. The van der Waals surface area contributed by atoms with Crippen molar-refractivity contribution < 1.29 is 57.2 Å². The molecule has 2 heterocycles. The van der Waals surface area contributed by atoms with Crippen LogP contribution in [0.5, 0.6) is 0 Å². The van der Waals surface area contributed by atoms with Gasteiger partial charge in [0.05, 0.1) is 39.1 Å². The Balaban J connectivity index is 0.000000310. The van der Waals surface area contributed by atoms with E-state index in [2.05, 4.69) is 10.6 Å². The number of piperidine rings is 2. The van der Waals surface area contributed by atoms with Crippen LogP contribution in [-0.2, 0) is 51.2 Å². The summed E-state index contributed by atoms with van der Waals surface area (Å²) in [5.41, 5.74) is 0.511. The monoisotopic (exact) mass is 812 g/mol. The van der Waals surface area contributed by atoms with Gasteiger partial charge in [0, 0.05) is 26.2 Å². The summed E-state index contributed by atoms with van der Waals surface area (Å²) in [4.78, 5) is 75.9. The van der Waals surface area contributed by atoms with E-state index in [4.69, 9.17) is 28.4 Å². The summed E-state index contributed by atoms with van der Waals surface area (Å²) in [6.07, 6.45) is -0.693. The highest BCUT2D eigenvalue weighted by Crippen LogP contribution is 2.24. The molecule has 2 aromatic rings. The second-order valence-electron chi connectivity index (χ2n) is 16.3. The van der Waals surface area contributed by atoms with Gasteiger partial charge in [-0.3, -0.25) is 9.59 Å². The number of hydrogen-bond acceptors (Lipinski definition) is 12. The summed E-state index contributed by atoms with van der Waals surface area (Å²) in [6, 6.07) is 18.1. The first-order valence-corrected chi connectivity index (χ1v) is 19.4. The molecular weight excluding hydrogens is 752 g/mol. The minimum Gasteiger partial charge on any atom is -0.469 e. The number of nitrogens with one attached hydrogen (secondary N) is 2. The van der Waals surface area contributed by atoms with Crippen LogP contribution in [0.1, 0.15) is 78.4 Å². The van der Waals surface area contributed by atoms with Crippen LogP contribution in [-0.4, -0.2) is 110 Å². The van der Waals surface area contributed by atoms with E-state index in [0.717, 1.165) is 11.1 Å². The van der Waals surface area contributed by atoms with Crippen LogP contribution in [0, 0.1) is 11.8 Å². The van der Waals surface area contributed by atoms with Crippen molar-refractivity contribution in [1.82, 2.24) is 20.4 Å². The zero-order valence-corrected chi connectivity index (χ0v) is 34.9. The molecule has 2 N–H and O–H groups in total. The Morgan fingerprint density at radius 2 is 0.914 bits per heavy atom. The summed E-state index contributed by atoms with van der Waals surface area (Å²) in [5.74, 6) is -1.02. The Bertz CT molecular complexity index is 1520. The first-order chi connectivity index (χ1) is 27.3. The fourth-order valence-electron chi connectivity index (χ4n) is 6.42. The van der Waals surface area contributed by atoms with Crippen LogP contribution in [0.4, 0.5) is 19.2 Å². The number of alkyl carbamates (subject to hydrolysis) is 2. The van der Waals surface area contributed by atoms with Crippen molar-refractivity contribution in [2.24, 2.45) is 11.8 Å². The molecule has 16 nitrogen and oxygen atoms in total. The summed E-state index contributed by atoms with van der Waals surface area (Å²) in [7, 11) is 2.65. The van der Waals surface area contributed by atoms with Crippen molar-refractivity contribution in [3.05, 3.63) is 71.8 Å². The van der Waals surface area contributed by atoms with Gasteiger partial charge in [0.1, 0.15) is 24.4 Å². The Labute approximate surface area is 341 Å². The number of carbonyl (C=O) groups excluding carboxylic acids is 6. The normalized spacial score (nSPS) is 19.2. The number of ether oxygens (including phenoxy) is 6. The summed E-state index contributed by atoms with van der Waals surface area (Å²) in [5, 5.41) is 5.59. The summed E-state index contributed by atoms with van der Waals surface area (Å²) < 4.78 is 30.9. The maximum atomic E-state index is 12.6. The lowest BCUT2D eigenvalue weighted by atomic mass is 9.91. The lowest BCUT2D eigenvalue weighted by Gasteiger charge is -2.37. The van der Waals surface area contributed by atoms with Gasteiger partial charge in [-0.2, -0.15) is 0 Å². The van der Waals surface area contributed by atoms with Gasteiger partial charge in [0.25, 0.3) is 0 Å². The van der Waals surface area contributed by atoms with Crippen molar-refractivity contribution >= 4 is 36.3 Å². The van der Waals surface area contributed by atoms with Crippen LogP contribution in [0.3, 0.4) is 0 Å². The average Bonchev–Trinajstić information content (AvgIpc) is 3.15. The molecule has 2 fully saturated rings. The van der Waals surface area contributed by atoms with Crippen LogP contribution in [0.2, 0.25) is 0 Å². The molecule has 0 saturated carbocycles. The fraction of sp³-hybridized carbons (Fsp3) is 0.571. The van der Waals surface area contributed by atoms with E-state index in [1.54, 1.807) is 41.5 Å². The van der Waals surface area contributed by atoms with Gasteiger partial charge in [0.15, 0.2) is 0 Å². The van der Waals surface area contributed by atoms with Gasteiger partial charge in [-0.05, 0) is 77.3 Å². The van der Waals surface area contributed by atoms with Crippen LogP contribution in [0.25, 0.3) is 0 Å². The van der Waals surface area contributed by atoms with Crippen molar-refractivity contribution in [1.29, 1.82) is 0 Å². The molecule has 0 spiro atoms. The SMILES string of the molecule is COC(=O)C[C@@H]1C[C@H](NC(=O)OC(C)(C)C)CN(C(=O)OCc2ccccc2)C1.COC(=O)C[C@H]1C[C@@H](NC(=O)OC(C)(C)C)CN(C(=O)OCc2ccccc2)C1. The van der Waals surface area contributed by atoms with E-state index in [0.29, 0.717) is 25.9 Å². The van der Waals surface area contributed by atoms with E-state index >= 15 is 0 Å². The largest absolute Gasteiger partial charge is 0.469 e. The zero-order chi connectivity index (χ0) is 42.9. The number of amides is 4. The van der Waals surface area contributed by atoms with E-state index in [1.807, 2.05) is 60.7 Å². The molecule has 0 unspecified atom stereocenters. The van der Waals surface area contributed by atoms with Gasteiger partial charge < -0.3 is 48.9 Å². The number of hydrogen-bond donors (Lipinski definition) is 2. The van der Waals surface area contributed by atoms with E-state index in [-0.39, 0.29) is 75.0 Å². The van der Waals surface area contributed by atoms with Gasteiger partial charge in [-0.1, -0.05) is 60.7 Å². The molecule has 320 valence electrons. The Kier molecular flexibility index (Phi) is 18.1. The highest BCUT2D eigenvalue weighted by molar-refractivity contribution is 5.72. The predicted molar refractivity (Wildman–Crippen MR) is 212 cm³/mol. The molecule has 2 aromatic carbocycles. The standard InChI is InChI=1S/2C21H30N2O6/c2*1-21(2,3)29-19(25)22-17-10-16(11-18(24)27-4)12-23(13-17)20(26)28-14-15-8-6-5-7-9-15/h2*5-9,16-17H,10-14H2,1-4H3,(H,22,25)/t2*16-,17-/m10/s1. The lowest BCUT2D eigenvalue weighted by molar-refractivity contribution is -0.143. The van der Waals surface area contributed by atoms with E-state index in [1.165, 1.54) is 24.0 Å². The minimum atomic E-state index is -0.627. The topological polar surface area (TPSA) is 188 Å². The van der Waals surface area contributed by atoms with Crippen molar-refractivity contribution in [2.45, 2.75) is 104 Å². The Morgan fingerprint density at radius 3 is 1.22 bits per heavy atom. The third-order valence-corrected chi connectivity index (χ3v) is 8.81. The van der Waals surface area contributed by atoms with Crippen molar-refractivity contribution in [3.63, 3.8) is 0 Å². The first kappa shape index (κ1) is 46.8. The second-order valence-corrected chi connectivity index (χ2v) is 16.3. The number of benzene rings is 2. The molecular formula is C42H60N4O12. The molecule has 4 amide bonds. The molecule has 0 bridgehead atoms. The average molecular weight is 813 g/mol. The van der Waals surface area contributed by atoms with Crippen molar-refractivity contribution in [3.8, 4) is 0 Å². The first-order valence-electron chi connectivity index (χ1n) is 19.4. The number of esters is 2. The molecule has 4 rings (SSSR count). The molecule has 0 radical (unpaired) electrons. The van der Waals surface area contributed by atoms with Gasteiger partial charge >= 0.3 is 36.3 Å². The highest BCUT2D eigenvalue weighted by atomic mass is 16.6. The van der Waals surface area contributed by atoms with E-state index in [9.17, 15) is 28.8 Å². The smallest absolute Gasteiger partial charge is 0.410 e.